The van der Waals surface area contributed by atoms with Crippen LogP contribution in [0.15, 0.2) is 36.4 Å². The number of ether oxygens (including phenoxy) is 2. The van der Waals surface area contributed by atoms with Crippen LogP contribution in [0.1, 0.15) is 42.6 Å². The minimum absolute atomic E-state index is 0. The molecule has 0 heterocycles. The topological polar surface area (TPSA) is 35.5 Å². The largest absolute Gasteiger partial charge is 0.493 e. The summed E-state index contributed by atoms with van der Waals surface area (Å²) in [5.74, 6) is 1.48. The molecule has 0 aliphatic heterocycles. The van der Waals surface area contributed by atoms with Gasteiger partial charge in [0.2, 0.25) is 0 Å². The number of halogens is 1. The fourth-order valence-corrected chi connectivity index (χ4v) is 3.87. The van der Waals surface area contributed by atoms with Gasteiger partial charge in [0.05, 0.1) is 18.2 Å². The molecule has 0 amide bonds. The minimum Gasteiger partial charge on any atom is -0.493 e. The predicted molar refractivity (Wildman–Crippen MR) is 112 cm³/mol. The zero-order valence-corrected chi connectivity index (χ0v) is 17.7. The van der Waals surface area contributed by atoms with Crippen LogP contribution in [-0.2, 0) is 0 Å². The Balaban J connectivity index is 0.00000338. The number of hydrogen-bond donors (Lipinski definition) is 0. The molecule has 3 nitrogen and oxygen atoms in total. The molecule has 0 fully saturated rings. The fraction of sp³-hybridized carbons (Fsp3) is 0.350. The molecular formula is C20H24ClLiO3P. The Morgan fingerprint density at radius 3 is 2.42 bits per heavy atom. The average Bonchev–Trinajstić information content (AvgIpc) is 2.59. The molecule has 1 unspecified atom stereocenters. The van der Waals surface area contributed by atoms with Gasteiger partial charge in [-0.3, -0.25) is 4.79 Å². The van der Waals surface area contributed by atoms with Crippen molar-refractivity contribution in [2.45, 2.75) is 33.6 Å². The van der Waals surface area contributed by atoms with E-state index in [4.69, 9.17) is 21.1 Å². The molecule has 0 spiro atoms. The number of benzene rings is 2. The molecule has 1 atom stereocenters. The summed E-state index contributed by atoms with van der Waals surface area (Å²) < 4.78 is 11.5. The van der Waals surface area contributed by atoms with Crippen LogP contribution in [-0.4, -0.2) is 37.6 Å². The molecule has 135 valence electrons. The van der Waals surface area contributed by atoms with Gasteiger partial charge in [-0.15, -0.1) is 0 Å². The van der Waals surface area contributed by atoms with Crippen LogP contribution in [0.2, 0.25) is 5.02 Å². The van der Waals surface area contributed by atoms with E-state index in [1.54, 1.807) is 6.07 Å². The first-order chi connectivity index (χ1) is 12.1. The molecule has 2 aromatic carbocycles. The maximum absolute atomic E-state index is 12.8. The SMILES string of the molecule is CCCOc1ccc(PC(=O)c2c(C)cccc2Cl)c(OCCC)c1.[Li]. The first-order valence-corrected chi connectivity index (χ1v) is 9.90. The second-order valence-corrected chi connectivity index (χ2v) is 7.39. The van der Waals surface area contributed by atoms with Crippen molar-refractivity contribution in [1.82, 2.24) is 0 Å². The minimum atomic E-state index is -0.0466. The summed E-state index contributed by atoms with van der Waals surface area (Å²) in [4.78, 5) is 12.8. The van der Waals surface area contributed by atoms with Gasteiger partial charge in [0.25, 0.3) is 0 Å². The maximum Gasteiger partial charge on any atom is 0.187 e. The van der Waals surface area contributed by atoms with E-state index in [0.29, 0.717) is 29.5 Å². The number of hydrogen-bond acceptors (Lipinski definition) is 3. The van der Waals surface area contributed by atoms with Crippen LogP contribution >= 0.6 is 20.2 Å². The Hall–Kier alpha value is -0.973. The van der Waals surface area contributed by atoms with Crippen LogP contribution in [0, 0.1) is 6.92 Å². The molecule has 0 aliphatic carbocycles. The Morgan fingerprint density at radius 1 is 1.08 bits per heavy atom. The van der Waals surface area contributed by atoms with Crippen molar-refractivity contribution in [3.05, 3.63) is 52.5 Å². The van der Waals surface area contributed by atoms with Crippen LogP contribution < -0.4 is 14.8 Å². The van der Waals surface area contributed by atoms with Crippen molar-refractivity contribution in [2.75, 3.05) is 13.2 Å². The zero-order chi connectivity index (χ0) is 18.2. The Labute approximate surface area is 174 Å². The Kier molecular flexibility index (Phi) is 10.4. The molecule has 2 aromatic rings. The van der Waals surface area contributed by atoms with Crippen LogP contribution in [0.3, 0.4) is 0 Å². The van der Waals surface area contributed by atoms with E-state index in [1.165, 1.54) is 0 Å². The molecule has 0 saturated carbocycles. The average molecular weight is 386 g/mol. The van der Waals surface area contributed by atoms with Gasteiger partial charge in [-0.2, -0.15) is 0 Å². The van der Waals surface area contributed by atoms with Gasteiger partial charge in [0.1, 0.15) is 11.5 Å². The third-order valence-corrected chi connectivity index (χ3v) is 5.06. The Morgan fingerprint density at radius 2 is 1.77 bits per heavy atom. The summed E-state index contributed by atoms with van der Waals surface area (Å²) in [7, 11) is -0.0466. The number of carbonyl (C=O) groups is 1. The molecule has 2 rings (SSSR count). The van der Waals surface area contributed by atoms with Crippen LogP contribution in [0.25, 0.3) is 0 Å². The van der Waals surface area contributed by atoms with E-state index in [1.807, 2.05) is 37.3 Å². The van der Waals surface area contributed by atoms with E-state index in [9.17, 15) is 4.79 Å². The predicted octanol–water partition coefficient (Wildman–Crippen LogP) is 4.99. The third-order valence-electron chi connectivity index (χ3n) is 3.58. The molecule has 0 N–H and O–H groups in total. The quantitative estimate of drug-likeness (QED) is 0.450. The van der Waals surface area contributed by atoms with Gasteiger partial charge in [-0.1, -0.05) is 37.6 Å². The zero-order valence-electron chi connectivity index (χ0n) is 15.9. The smallest absolute Gasteiger partial charge is 0.187 e. The number of rotatable bonds is 9. The van der Waals surface area contributed by atoms with Crippen molar-refractivity contribution < 1.29 is 14.3 Å². The van der Waals surface area contributed by atoms with Gasteiger partial charge in [0, 0.05) is 35.8 Å². The summed E-state index contributed by atoms with van der Waals surface area (Å²) in [6, 6.07) is 11.2. The second-order valence-electron chi connectivity index (χ2n) is 5.74. The van der Waals surface area contributed by atoms with Gasteiger partial charge >= 0.3 is 0 Å². The molecule has 0 aliphatic rings. The molecule has 0 saturated heterocycles. The third kappa shape index (κ3) is 6.33. The van der Waals surface area contributed by atoms with Crippen LogP contribution in [0.5, 0.6) is 11.5 Å². The molecule has 26 heavy (non-hydrogen) atoms. The molecule has 0 bridgehead atoms. The first-order valence-electron chi connectivity index (χ1n) is 8.52. The van der Waals surface area contributed by atoms with Crippen molar-refractivity contribution in [3.8, 4) is 11.5 Å². The molecule has 0 aromatic heterocycles. The second kappa shape index (κ2) is 11.7. The van der Waals surface area contributed by atoms with Gasteiger partial charge in [0.15, 0.2) is 5.52 Å². The van der Waals surface area contributed by atoms with E-state index in [0.717, 1.165) is 29.5 Å². The Bertz CT molecular complexity index is 717. The van der Waals surface area contributed by atoms with E-state index in [-0.39, 0.29) is 33.0 Å². The summed E-state index contributed by atoms with van der Waals surface area (Å²) in [6.07, 6.45) is 1.85. The van der Waals surface area contributed by atoms with Crippen molar-refractivity contribution in [1.29, 1.82) is 0 Å². The van der Waals surface area contributed by atoms with Crippen molar-refractivity contribution in [2.24, 2.45) is 0 Å². The summed E-state index contributed by atoms with van der Waals surface area (Å²) in [5.41, 5.74) is 1.51. The maximum atomic E-state index is 12.8. The van der Waals surface area contributed by atoms with Crippen molar-refractivity contribution >= 4 is 49.9 Å². The van der Waals surface area contributed by atoms with E-state index < -0.39 is 0 Å². The molecule has 1 radical (unpaired) electrons. The van der Waals surface area contributed by atoms with Gasteiger partial charge < -0.3 is 9.47 Å². The van der Waals surface area contributed by atoms with Crippen molar-refractivity contribution in [3.63, 3.8) is 0 Å². The number of aryl methyl sites for hydroxylation is 1. The summed E-state index contributed by atoms with van der Waals surface area (Å²) >= 11 is 6.23. The van der Waals surface area contributed by atoms with Crippen LogP contribution in [0.4, 0.5) is 0 Å². The number of carbonyl (C=O) groups excluding carboxylic acids is 1. The van der Waals surface area contributed by atoms with Gasteiger partial charge in [-0.05, 0) is 52.1 Å². The van der Waals surface area contributed by atoms with E-state index in [2.05, 4.69) is 13.8 Å². The van der Waals surface area contributed by atoms with Gasteiger partial charge in [-0.25, -0.2) is 0 Å². The monoisotopic (exact) mass is 385 g/mol. The molecule has 6 heteroatoms. The fourth-order valence-electron chi connectivity index (χ4n) is 2.35. The summed E-state index contributed by atoms with van der Waals surface area (Å²) in [6.45, 7) is 7.28. The first kappa shape index (κ1) is 23.1. The normalized spacial score (nSPS) is 10.6. The summed E-state index contributed by atoms with van der Waals surface area (Å²) in [5, 5.41) is 1.37. The standard InChI is InChI=1S/C20H24ClO3P.Li/c1-4-11-23-15-9-10-18(17(13-15)24-12-5-2)25-20(22)19-14(3)7-6-8-16(19)21;/h6-10,13,25H,4-5,11-12H2,1-3H3;. The van der Waals surface area contributed by atoms with E-state index >= 15 is 0 Å². The molecular weight excluding hydrogens is 362 g/mol.